The fourth-order valence-electron chi connectivity index (χ4n) is 3.00. The van der Waals surface area contributed by atoms with Crippen LogP contribution in [0.3, 0.4) is 0 Å². The summed E-state index contributed by atoms with van der Waals surface area (Å²) in [5, 5.41) is 0.702. The van der Waals surface area contributed by atoms with Crippen molar-refractivity contribution in [3.05, 3.63) is 29.0 Å². The lowest BCUT2D eigenvalue weighted by molar-refractivity contribution is 0.0301. The van der Waals surface area contributed by atoms with Gasteiger partial charge in [-0.15, -0.1) is 11.6 Å². The van der Waals surface area contributed by atoms with E-state index in [0.29, 0.717) is 10.9 Å². The lowest BCUT2D eigenvalue weighted by Gasteiger charge is -2.36. The lowest BCUT2D eigenvalue weighted by Crippen LogP contribution is -2.37. The smallest absolute Gasteiger partial charge is 0.111 e. The molecule has 0 amide bonds. The van der Waals surface area contributed by atoms with Crippen molar-refractivity contribution in [3.63, 3.8) is 0 Å². The highest BCUT2D eigenvalue weighted by Crippen LogP contribution is 2.35. The predicted octanol–water partition coefficient (Wildman–Crippen LogP) is 4.00. The normalized spacial score (nSPS) is 18.6. The quantitative estimate of drug-likeness (QED) is 0.801. The number of para-hydroxylation sites is 1. The first-order valence-corrected chi connectivity index (χ1v) is 7.87. The maximum absolute atomic E-state index is 6.29. The molecule has 0 unspecified atom stereocenters. The van der Waals surface area contributed by atoms with Gasteiger partial charge < -0.3 is 9.30 Å². The number of imidazole rings is 1. The molecule has 0 radical (unpaired) electrons. The van der Waals surface area contributed by atoms with Crippen molar-refractivity contribution < 1.29 is 4.74 Å². The van der Waals surface area contributed by atoms with Gasteiger partial charge in [0, 0.05) is 31.1 Å². The number of alkyl halides is 1. The largest absolute Gasteiger partial charge is 0.381 e. The van der Waals surface area contributed by atoms with Crippen molar-refractivity contribution in [2.24, 2.45) is 0 Å². The molecule has 3 rings (SSSR count). The highest BCUT2D eigenvalue weighted by Gasteiger charge is 2.33. The Morgan fingerprint density at radius 3 is 2.80 bits per heavy atom. The van der Waals surface area contributed by atoms with Crippen molar-refractivity contribution in [1.29, 1.82) is 0 Å². The molecular formula is C15H18Cl2N2O. The number of halogens is 2. The number of hydrogen-bond donors (Lipinski definition) is 0. The number of benzene rings is 1. The minimum atomic E-state index is 0.0269. The molecule has 20 heavy (non-hydrogen) atoms. The van der Waals surface area contributed by atoms with Crippen LogP contribution in [0.1, 0.15) is 25.6 Å². The van der Waals surface area contributed by atoms with Crippen LogP contribution in [-0.2, 0) is 16.7 Å². The topological polar surface area (TPSA) is 27.1 Å². The van der Waals surface area contributed by atoms with Gasteiger partial charge in [-0.2, -0.15) is 0 Å². The van der Waals surface area contributed by atoms with Crippen LogP contribution in [0.2, 0.25) is 5.02 Å². The minimum absolute atomic E-state index is 0.0269. The molecule has 0 bridgehead atoms. The Labute approximate surface area is 128 Å². The van der Waals surface area contributed by atoms with Crippen molar-refractivity contribution in [3.8, 4) is 0 Å². The van der Waals surface area contributed by atoms with E-state index in [-0.39, 0.29) is 5.54 Å². The Kier molecular flexibility index (Phi) is 3.93. The van der Waals surface area contributed by atoms with E-state index in [1.165, 1.54) is 0 Å². The molecule has 0 N–H and O–H groups in total. The van der Waals surface area contributed by atoms with Gasteiger partial charge in [0.05, 0.1) is 10.5 Å². The Morgan fingerprint density at radius 2 is 2.10 bits per heavy atom. The number of aromatic nitrogens is 2. The van der Waals surface area contributed by atoms with Gasteiger partial charge in [0.2, 0.25) is 0 Å². The molecule has 2 heterocycles. The summed E-state index contributed by atoms with van der Waals surface area (Å²) >= 11 is 12.2. The van der Waals surface area contributed by atoms with E-state index in [9.17, 15) is 0 Å². The molecule has 1 saturated heterocycles. The van der Waals surface area contributed by atoms with Crippen LogP contribution in [0.15, 0.2) is 18.2 Å². The zero-order valence-corrected chi connectivity index (χ0v) is 13.0. The molecule has 1 aromatic heterocycles. The average molecular weight is 313 g/mol. The van der Waals surface area contributed by atoms with Gasteiger partial charge in [-0.1, -0.05) is 17.7 Å². The zero-order valence-electron chi connectivity index (χ0n) is 11.5. The van der Waals surface area contributed by atoms with Gasteiger partial charge in [0.1, 0.15) is 11.3 Å². The van der Waals surface area contributed by atoms with E-state index in [1.807, 2.05) is 12.1 Å². The molecule has 108 valence electrons. The molecule has 3 nitrogen and oxygen atoms in total. The Morgan fingerprint density at radius 1 is 1.35 bits per heavy atom. The van der Waals surface area contributed by atoms with Gasteiger partial charge >= 0.3 is 0 Å². The SMILES string of the molecule is CC1(n2c(CCCl)nc3c(Cl)cccc32)CCOCC1. The van der Waals surface area contributed by atoms with Crippen molar-refractivity contribution in [1.82, 2.24) is 9.55 Å². The fourth-order valence-corrected chi connectivity index (χ4v) is 3.38. The van der Waals surface area contributed by atoms with Crippen LogP contribution >= 0.6 is 23.2 Å². The molecule has 1 aliphatic heterocycles. The molecule has 0 atom stereocenters. The third kappa shape index (κ3) is 2.32. The Bertz CT molecular complexity index is 618. The number of rotatable bonds is 3. The van der Waals surface area contributed by atoms with E-state index in [2.05, 4.69) is 17.6 Å². The summed E-state index contributed by atoms with van der Waals surface area (Å²) in [6.07, 6.45) is 2.73. The monoisotopic (exact) mass is 312 g/mol. The second-order valence-corrected chi connectivity index (χ2v) is 6.30. The highest BCUT2D eigenvalue weighted by molar-refractivity contribution is 6.34. The van der Waals surface area contributed by atoms with Gasteiger partial charge in [0.15, 0.2) is 0 Å². The molecule has 1 fully saturated rings. The Hall–Kier alpha value is -0.770. The van der Waals surface area contributed by atoms with Crippen molar-refractivity contribution in [2.45, 2.75) is 31.7 Å². The average Bonchev–Trinajstić information content (AvgIpc) is 2.80. The molecule has 0 spiro atoms. The van der Waals surface area contributed by atoms with Gasteiger partial charge in [-0.25, -0.2) is 4.98 Å². The summed E-state index contributed by atoms with van der Waals surface area (Å²) in [6.45, 7) is 3.85. The molecule has 5 heteroatoms. The zero-order chi connectivity index (χ0) is 14.2. The second-order valence-electron chi connectivity index (χ2n) is 5.52. The maximum Gasteiger partial charge on any atom is 0.111 e. The maximum atomic E-state index is 6.29. The third-order valence-corrected chi connectivity index (χ3v) is 4.63. The number of aryl methyl sites for hydroxylation is 1. The summed E-state index contributed by atoms with van der Waals surface area (Å²) in [5.41, 5.74) is 2.00. The van der Waals surface area contributed by atoms with E-state index < -0.39 is 0 Å². The van der Waals surface area contributed by atoms with E-state index in [0.717, 1.165) is 49.3 Å². The molecule has 2 aromatic rings. The third-order valence-electron chi connectivity index (χ3n) is 4.13. The fraction of sp³-hybridized carbons (Fsp3) is 0.533. The molecule has 1 aliphatic rings. The molecule has 0 aliphatic carbocycles. The van der Waals surface area contributed by atoms with Crippen LogP contribution < -0.4 is 0 Å². The van der Waals surface area contributed by atoms with Gasteiger partial charge in [-0.05, 0) is 31.9 Å². The summed E-state index contributed by atoms with van der Waals surface area (Å²) in [6, 6.07) is 5.96. The van der Waals surface area contributed by atoms with Crippen LogP contribution in [0.5, 0.6) is 0 Å². The van der Waals surface area contributed by atoms with E-state index in [4.69, 9.17) is 32.9 Å². The first kappa shape index (κ1) is 14.2. The predicted molar refractivity (Wildman–Crippen MR) is 82.9 cm³/mol. The number of nitrogens with zero attached hydrogens (tertiary/aromatic N) is 2. The summed E-state index contributed by atoms with van der Waals surface area (Å²) < 4.78 is 7.85. The van der Waals surface area contributed by atoms with Crippen LogP contribution in [0, 0.1) is 0 Å². The summed E-state index contributed by atoms with van der Waals surface area (Å²) in [5.74, 6) is 1.58. The molecule has 0 saturated carbocycles. The molecule has 1 aromatic carbocycles. The Balaban J connectivity index is 2.20. The number of ether oxygens (including phenoxy) is 1. The molecular weight excluding hydrogens is 295 g/mol. The van der Waals surface area contributed by atoms with Gasteiger partial charge in [0.25, 0.3) is 0 Å². The first-order valence-electron chi connectivity index (χ1n) is 6.96. The van der Waals surface area contributed by atoms with Gasteiger partial charge in [-0.3, -0.25) is 0 Å². The van der Waals surface area contributed by atoms with E-state index >= 15 is 0 Å². The standard InChI is InChI=1S/C15H18Cl2N2O/c1-15(6-9-20-10-7-15)19-12-4-2-3-11(17)14(12)18-13(19)5-8-16/h2-4H,5-10H2,1H3. The summed E-state index contributed by atoms with van der Waals surface area (Å²) in [4.78, 5) is 4.73. The number of fused-ring (bicyclic) bond motifs is 1. The summed E-state index contributed by atoms with van der Waals surface area (Å²) in [7, 11) is 0. The highest BCUT2D eigenvalue weighted by atomic mass is 35.5. The van der Waals surface area contributed by atoms with Crippen molar-refractivity contribution >= 4 is 34.2 Å². The van der Waals surface area contributed by atoms with E-state index in [1.54, 1.807) is 0 Å². The van der Waals surface area contributed by atoms with Crippen LogP contribution in [0.4, 0.5) is 0 Å². The second kappa shape index (κ2) is 5.55. The van der Waals surface area contributed by atoms with Crippen molar-refractivity contribution in [2.75, 3.05) is 19.1 Å². The lowest BCUT2D eigenvalue weighted by atomic mass is 9.91. The van der Waals surface area contributed by atoms with Crippen LogP contribution in [-0.4, -0.2) is 28.6 Å². The minimum Gasteiger partial charge on any atom is -0.381 e. The van der Waals surface area contributed by atoms with Crippen LogP contribution in [0.25, 0.3) is 11.0 Å². The first-order chi connectivity index (χ1) is 9.65. The number of hydrogen-bond acceptors (Lipinski definition) is 2.